The second-order valence-corrected chi connectivity index (χ2v) is 8.48. The van der Waals surface area contributed by atoms with E-state index in [1.165, 1.54) is 28.2 Å². The highest BCUT2D eigenvalue weighted by Crippen LogP contribution is 2.44. The first-order chi connectivity index (χ1) is 14.6. The minimum atomic E-state index is -0.230. The van der Waals surface area contributed by atoms with Crippen molar-refractivity contribution in [3.05, 3.63) is 83.2 Å². The van der Waals surface area contributed by atoms with Gasteiger partial charge < -0.3 is 19.5 Å². The summed E-state index contributed by atoms with van der Waals surface area (Å²) in [5.74, 6) is 0. The zero-order valence-corrected chi connectivity index (χ0v) is 17.5. The normalized spacial score (nSPS) is 16.5. The van der Waals surface area contributed by atoms with E-state index in [0.717, 1.165) is 18.4 Å². The van der Waals surface area contributed by atoms with Gasteiger partial charge in [0.15, 0.2) is 0 Å². The number of aromatic nitrogens is 1. The fourth-order valence-electron chi connectivity index (χ4n) is 4.93. The van der Waals surface area contributed by atoms with Gasteiger partial charge in [-0.15, -0.1) is 0 Å². The lowest BCUT2D eigenvalue weighted by Crippen LogP contribution is -2.51. The van der Waals surface area contributed by atoms with Gasteiger partial charge in [0.05, 0.1) is 16.9 Å². The number of hydrogen-bond donors (Lipinski definition) is 1. The van der Waals surface area contributed by atoms with Crippen LogP contribution in [0.5, 0.6) is 0 Å². The van der Waals surface area contributed by atoms with Crippen molar-refractivity contribution in [1.29, 1.82) is 0 Å². The number of carbonyl (C=O) groups is 1. The van der Waals surface area contributed by atoms with Crippen molar-refractivity contribution in [2.24, 2.45) is 0 Å². The summed E-state index contributed by atoms with van der Waals surface area (Å²) in [4.78, 5) is 14.4. The molecule has 5 nitrogen and oxygen atoms in total. The summed E-state index contributed by atoms with van der Waals surface area (Å²) in [5, 5.41) is 3.85. The first kappa shape index (κ1) is 18.8. The predicted octanol–water partition coefficient (Wildman–Crippen LogP) is 5.15. The molecule has 154 valence electrons. The molecule has 0 bridgehead atoms. The van der Waals surface area contributed by atoms with Crippen molar-refractivity contribution in [2.75, 3.05) is 18.4 Å². The topological polar surface area (TPSA) is 46.5 Å². The van der Waals surface area contributed by atoms with E-state index in [1.807, 2.05) is 35.2 Å². The molecular formula is C25H27N3O2. The van der Waals surface area contributed by atoms with E-state index in [4.69, 9.17) is 4.74 Å². The van der Waals surface area contributed by atoms with Crippen LogP contribution in [0.15, 0.2) is 60.8 Å². The molecule has 5 heteroatoms. The smallest absolute Gasteiger partial charge is 0.410 e. The Labute approximate surface area is 177 Å². The summed E-state index contributed by atoms with van der Waals surface area (Å²) in [6, 6.07) is 18.6. The van der Waals surface area contributed by atoms with Crippen LogP contribution in [0.4, 0.5) is 10.5 Å². The molecular weight excluding hydrogens is 374 g/mol. The first-order valence-corrected chi connectivity index (χ1v) is 10.6. The fraction of sp³-hybridized carbons (Fsp3) is 0.320. The van der Waals surface area contributed by atoms with E-state index in [9.17, 15) is 4.79 Å². The molecule has 1 N–H and O–H groups in total. The van der Waals surface area contributed by atoms with Gasteiger partial charge in [0, 0.05) is 25.0 Å². The van der Waals surface area contributed by atoms with Gasteiger partial charge in [0.2, 0.25) is 0 Å². The number of piperidine rings is 1. The Balaban J connectivity index is 1.33. The Morgan fingerprint density at radius 1 is 1.07 bits per heavy atom. The lowest BCUT2D eigenvalue weighted by atomic mass is 9.82. The van der Waals surface area contributed by atoms with Crippen LogP contribution in [0.1, 0.15) is 35.2 Å². The maximum Gasteiger partial charge on any atom is 0.410 e. The summed E-state index contributed by atoms with van der Waals surface area (Å²) in [5.41, 5.74) is 7.06. The molecule has 0 aliphatic carbocycles. The second-order valence-electron chi connectivity index (χ2n) is 8.48. The predicted molar refractivity (Wildman–Crippen MR) is 118 cm³/mol. The van der Waals surface area contributed by atoms with Gasteiger partial charge in [-0.2, -0.15) is 0 Å². The Bertz CT molecular complexity index is 1080. The van der Waals surface area contributed by atoms with Crippen LogP contribution in [0.25, 0.3) is 5.69 Å². The number of nitrogens with one attached hydrogen (secondary N) is 1. The van der Waals surface area contributed by atoms with E-state index in [-0.39, 0.29) is 11.6 Å². The van der Waals surface area contributed by atoms with Crippen LogP contribution in [0, 0.1) is 13.8 Å². The molecule has 1 saturated heterocycles. The number of likely N-dealkylation sites (tertiary alicyclic amines) is 1. The quantitative estimate of drug-likeness (QED) is 0.646. The van der Waals surface area contributed by atoms with E-state index in [2.05, 4.69) is 54.2 Å². The third kappa shape index (κ3) is 3.15. The van der Waals surface area contributed by atoms with E-state index >= 15 is 0 Å². The van der Waals surface area contributed by atoms with E-state index in [1.54, 1.807) is 0 Å². The van der Waals surface area contributed by atoms with Crippen LogP contribution in [0.2, 0.25) is 0 Å². The Hall–Kier alpha value is -3.21. The number of nitrogens with zero attached hydrogens (tertiary/aromatic N) is 2. The number of ether oxygens (including phenoxy) is 1. The van der Waals surface area contributed by atoms with Gasteiger partial charge in [0.1, 0.15) is 6.61 Å². The molecule has 1 amide bonds. The van der Waals surface area contributed by atoms with Crippen molar-refractivity contribution in [2.45, 2.75) is 38.8 Å². The first-order valence-electron chi connectivity index (χ1n) is 10.6. The molecule has 0 radical (unpaired) electrons. The number of anilines is 1. The van der Waals surface area contributed by atoms with Crippen LogP contribution >= 0.6 is 0 Å². The Morgan fingerprint density at radius 3 is 2.60 bits per heavy atom. The largest absolute Gasteiger partial charge is 0.445 e. The Morgan fingerprint density at radius 2 is 1.83 bits per heavy atom. The minimum absolute atomic E-state index is 0.160. The SMILES string of the molecule is Cc1cc(C)c2c(c1)NC1(CCN(C(=O)OCc3ccccc3)CC1)c1cccn1-2. The zero-order chi connectivity index (χ0) is 20.7. The van der Waals surface area contributed by atoms with Crippen LogP contribution in [0.3, 0.4) is 0 Å². The van der Waals surface area contributed by atoms with Crippen molar-refractivity contribution in [1.82, 2.24) is 9.47 Å². The molecule has 1 aromatic heterocycles. The number of benzene rings is 2. The van der Waals surface area contributed by atoms with Gasteiger partial charge in [-0.3, -0.25) is 0 Å². The molecule has 2 aromatic carbocycles. The summed E-state index contributed by atoms with van der Waals surface area (Å²) < 4.78 is 7.87. The lowest BCUT2D eigenvalue weighted by Gasteiger charge is -2.46. The van der Waals surface area contributed by atoms with Gasteiger partial charge in [0.25, 0.3) is 0 Å². The van der Waals surface area contributed by atoms with Gasteiger partial charge in [-0.05, 0) is 61.6 Å². The van der Waals surface area contributed by atoms with Crippen LogP contribution in [-0.2, 0) is 16.9 Å². The van der Waals surface area contributed by atoms with Crippen molar-refractivity contribution < 1.29 is 9.53 Å². The van der Waals surface area contributed by atoms with Crippen molar-refractivity contribution in [3.8, 4) is 5.69 Å². The number of hydrogen-bond acceptors (Lipinski definition) is 3. The van der Waals surface area contributed by atoms with E-state index < -0.39 is 0 Å². The van der Waals surface area contributed by atoms with Gasteiger partial charge in [-0.25, -0.2) is 4.79 Å². The van der Waals surface area contributed by atoms with Crippen LogP contribution < -0.4 is 5.32 Å². The average Bonchev–Trinajstić information content (AvgIpc) is 3.23. The number of aryl methyl sites for hydroxylation is 2. The number of rotatable bonds is 2. The highest BCUT2D eigenvalue weighted by atomic mass is 16.6. The third-order valence-electron chi connectivity index (χ3n) is 6.38. The molecule has 0 saturated carbocycles. The van der Waals surface area contributed by atoms with Crippen molar-refractivity contribution in [3.63, 3.8) is 0 Å². The molecule has 2 aliphatic heterocycles. The molecule has 3 aromatic rings. The standard InChI is InChI=1S/C25H27N3O2/c1-18-15-19(2)23-21(16-18)26-25(22-9-6-12-28(22)23)10-13-27(14-11-25)24(29)30-17-20-7-4-3-5-8-20/h3-9,12,15-16,26H,10-11,13-14,17H2,1-2H3. The fourth-order valence-corrected chi connectivity index (χ4v) is 4.93. The Kier molecular flexibility index (Phi) is 4.54. The molecule has 1 fully saturated rings. The molecule has 1 spiro atoms. The molecule has 0 atom stereocenters. The molecule has 5 rings (SSSR count). The number of amides is 1. The second kappa shape index (κ2) is 7.24. The van der Waals surface area contributed by atoms with Crippen LogP contribution in [-0.4, -0.2) is 28.6 Å². The highest BCUT2D eigenvalue weighted by Gasteiger charge is 2.42. The monoisotopic (exact) mass is 401 g/mol. The molecule has 30 heavy (non-hydrogen) atoms. The van der Waals surface area contributed by atoms with E-state index in [0.29, 0.717) is 19.7 Å². The van der Waals surface area contributed by atoms with Gasteiger partial charge >= 0.3 is 6.09 Å². The van der Waals surface area contributed by atoms with Gasteiger partial charge in [-0.1, -0.05) is 36.4 Å². The molecule has 0 unspecified atom stereocenters. The zero-order valence-electron chi connectivity index (χ0n) is 17.5. The average molecular weight is 402 g/mol. The number of carbonyl (C=O) groups excluding carboxylic acids is 1. The molecule has 2 aliphatic rings. The number of fused-ring (bicyclic) bond motifs is 4. The third-order valence-corrected chi connectivity index (χ3v) is 6.38. The maximum absolute atomic E-state index is 12.6. The summed E-state index contributed by atoms with van der Waals surface area (Å²) >= 11 is 0. The molecule has 3 heterocycles. The summed E-state index contributed by atoms with van der Waals surface area (Å²) in [6.07, 6.45) is 3.62. The maximum atomic E-state index is 12.6. The summed E-state index contributed by atoms with van der Waals surface area (Å²) in [7, 11) is 0. The highest BCUT2D eigenvalue weighted by molar-refractivity contribution is 5.72. The minimum Gasteiger partial charge on any atom is -0.445 e. The van der Waals surface area contributed by atoms with Crippen molar-refractivity contribution >= 4 is 11.8 Å². The lowest BCUT2D eigenvalue weighted by molar-refractivity contribution is 0.0794. The summed E-state index contributed by atoms with van der Waals surface area (Å²) in [6.45, 7) is 5.96.